The Kier molecular flexibility index (Phi) is 2.89. The molecule has 0 bridgehead atoms. The Labute approximate surface area is 81.9 Å². The summed E-state index contributed by atoms with van der Waals surface area (Å²) in [6.07, 6.45) is 6.94. The van der Waals surface area contributed by atoms with Crippen molar-refractivity contribution in [2.45, 2.75) is 58.0 Å². The van der Waals surface area contributed by atoms with Gasteiger partial charge in [-0.05, 0) is 39.0 Å². The molecule has 0 aromatic carbocycles. The van der Waals surface area contributed by atoms with Gasteiger partial charge in [0.2, 0.25) is 0 Å². The van der Waals surface area contributed by atoms with Crippen LogP contribution in [0.1, 0.15) is 46.0 Å². The largest absolute Gasteiger partial charge is 0.239 e. The van der Waals surface area contributed by atoms with Gasteiger partial charge >= 0.3 is 0 Å². The molecule has 0 aromatic rings. The fourth-order valence-corrected chi connectivity index (χ4v) is 2.87. The first-order valence-electron chi connectivity index (χ1n) is 5.86. The molecule has 2 nitrogen and oxygen atoms in total. The van der Waals surface area contributed by atoms with Gasteiger partial charge in [0.25, 0.3) is 0 Å². The molecule has 2 fully saturated rings. The average molecular weight is 182 g/mol. The Morgan fingerprint density at radius 1 is 1.08 bits per heavy atom. The molecule has 2 atom stereocenters. The van der Waals surface area contributed by atoms with E-state index in [4.69, 9.17) is 0 Å². The molecular formula is C11H22N2. The monoisotopic (exact) mass is 182 g/mol. The summed E-state index contributed by atoms with van der Waals surface area (Å²) in [5.41, 5.74) is 0. The van der Waals surface area contributed by atoms with E-state index >= 15 is 0 Å². The van der Waals surface area contributed by atoms with E-state index in [0.717, 1.165) is 12.1 Å². The van der Waals surface area contributed by atoms with E-state index in [9.17, 15) is 0 Å². The van der Waals surface area contributed by atoms with Crippen LogP contribution in [0.2, 0.25) is 0 Å². The lowest BCUT2D eigenvalue weighted by Crippen LogP contribution is -2.46. The molecule has 0 aromatic heterocycles. The van der Waals surface area contributed by atoms with E-state index in [1.54, 1.807) is 0 Å². The zero-order chi connectivity index (χ0) is 9.26. The van der Waals surface area contributed by atoms with Crippen LogP contribution in [0.25, 0.3) is 0 Å². The second-order valence-corrected chi connectivity index (χ2v) is 4.52. The van der Waals surface area contributed by atoms with E-state index in [2.05, 4.69) is 23.9 Å². The zero-order valence-electron chi connectivity index (χ0n) is 9.00. The number of hydrogen-bond donors (Lipinski definition) is 0. The first kappa shape index (κ1) is 9.47. The van der Waals surface area contributed by atoms with Crippen molar-refractivity contribution in [3.63, 3.8) is 0 Å². The third kappa shape index (κ3) is 1.75. The van der Waals surface area contributed by atoms with Crippen LogP contribution < -0.4 is 0 Å². The first-order valence-corrected chi connectivity index (χ1v) is 5.86. The minimum atomic E-state index is 0.798. The van der Waals surface area contributed by atoms with Crippen LogP contribution in [-0.4, -0.2) is 35.2 Å². The van der Waals surface area contributed by atoms with Crippen molar-refractivity contribution in [1.82, 2.24) is 10.0 Å². The van der Waals surface area contributed by atoms with Crippen LogP contribution in [0, 0.1) is 0 Å². The maximum absolute atomic E-state index is 2.65. The van der Waals surface area contributed by atoms with Crippen molar-refractivity contribution in [3.8, 4) is 0 Å². The molecule has 2 heterocycles. The third-order valence-corrected chi connectivity index (χ3v) is 3.67. The quantitative estimate of drug-likeness (QED) is 0.646. The second kappa shape index (κ2) is 3.97. The molecule has 2 rings (SSSR count). The Bertz CT molecular complexity index is 169. The van der Waals surface area contributed by atoms with Crippen molar-refractivity contribution in [2.24, 2.45) is 0 Å². The molecule has 0 amide bonds. The number of hydrogen-bond acceptors (Lipinski definition) is 2. The lowest BCUT2D eigenvalue weighted by atomic mass is 10.2. The summed E-state index contributed by atoms with van der Waals surface area (Å²) in [6, 6.07) is 1.65. The molecule has 2 aliphatic rings. The van der Waals surface area contributed by atoms with E-state index in [1.807, 2.05) is 0 Å². The Balaban J connectivity index is 1.98. The molecule has 76 valence electrons. The standard InChI is InChI=1S/C11H22N2/c1-3-11-7-5-9-13(11)12-8-4-6-10(12)2/h10-11H,3-9H2,1-2H3/t10?,11-/m0/s1. The topological polar surface area (TPSA) is 6.48 Å². The summed E-state index contributed by atoms with van der Waals surface area (Å²) < 4.78 is 0. The number of rotatable bonds is 2. The average Bonchev–Trinajstić information content (AvgIpc) is 2.71. The van der Waals surface area contributed by atoms with Gasteiger partial charge in [-0.2, -0.15) is 0 Å². The predicted octanol–water partition coefficient (Wildman–Crippen LogP) is 2.26. The Hall–Kier alpha value is -0.0800. The molecule has 13 heavy (non-hydrogen) atoms. The fourth-order valence-electron chi connectivity index (χ4n) is 2.87. The number of nitrogens with zero attached hydrogens (tertiary/aromatic N) is 2. The highest BCUT2D eigenvalue weighted by Crippen LogP contribution is 2.27. The molecule has 1 unspecified atom stereocenters. The summed E-state index contributed by atoms with van der Waals surface area (Å²) in [7, 11) is 0. The maximum atomic E-state index is 2.65. The van der Waals surface area contributed by atoms with E-state index < -0.39 is 0 Å². The van der Waals surface area contributed by atoms with Crippen LogP contribution in [0.3, 0.4) is 0 Å². The van der Waals surface area contributed by atoms with Gasteiger partial charge in [-0.3, -0.25) is 0 Å². The minimum Gasteiger partial charge on any atom is -0.239 e. The third-order valence-electron chi connectivity index (χ3n) is 3.67. The molecule has 0 aliphatic carbocycles. The summed E-state index contributed by atoms with van der Waals surface area (Å²) in [6.45, 7) is 7.31. The molecular weight excluding hydrogens is 160 g/mol. The fraction of sp³-hybridized carbons (Fsp3) is 1.00. The summed E-state index contributed by atoms with van der Waals surface area (Å²) in [5, 5.41) is 5.28. The SMILES string of the molecule is CC[C@H]1CCCN1N1CCCC1C. The highest BCUT2D eigenvalue weighted by atomic mass is 15.7. The maximum Gasteiger partial charge on any atom is 0.0243 e. The van der Waals surface area contributed by atoms with E-state index in [0.29, 0.717) is 0 Å². The van der Waals surface area contributed by atoms with Crippen LogP contribution in [-0.2, 0) is 0 Å². The highest BCUT2D eigenvalue weighted by Gasteiger charge is 2.32. The lowest BCUT2D eigenvalue weighted by molar-refractivity contribution is -0.0434. The van der Waals surface area contributed by atoms with E-state index in [1.165, 1.54) is 45.2 Å². The highest BCUT2D eigenvalue weighted by molar-refractivity contribution is 4.81. The first-order chi connectivity index (χ1) is 6.33. The normalized spacial score (nSPS) is 37.4. The Morgan fingerprint density at radius 3 is 2.38 bits per heavy atom. The van der Waals surface area contributed by atoms with Gasteiger partial charge in [0.05, 0.1) is 0 Å². The van der Waals surface area contributed by atoms with Gasteiger partial charge in [-0.15, -0.1) is 0 Å². The molecule has 2 aliphatic heterocycles. The van der Waals surface area contributed by atoms with E-state index in [-0.39, 0.29) is 0 Å². The van der Waals surface area contributed by atoms with Crippen LogP contribution in [0.5, 0.6) is 0 Å². The van der Waals surface area contributed by atoms with Gasteiger partial charge in [-0.1, -0.05) is 6.92 Å². The Morgan fingerprint density at radius 2 is 1.77 bits per heavy atom. The molecule has 0 saturated carbocycles. The minimum absolute atomic E-state index is 0.798. The molecule has 2 saturated heterocycles. The lowest BCUT2D eigenvalue weighted by Gasteiger charge is -2.35. The molecule has 0 N–H and O–H groups in total. The van der Waals surface area contributed by atoms with Gasteiger partial charge in [0.1, 0.15) is 0 Å². The van der Waals surface area contributed by atoms with Gasteiger partial charge in [-0.25, -0.2) is 10.0 Å². The molecule has 0 spiro atoms. The van der Waals surface area contributed by atoms with Crippen molar-refractivity contribution in [3.05, 3.63) is 0 Å². The second-order valence-electron chi connectivity index (χ2n) is 4.52. The molecule has 2 heteroatoms. The van der Waals surface area contributed by atoms with Crippen LogP contribution in [0.4, 0.5) is 0 Å². The zero-order valence-corrected chi connectivity index (χ0v) is 9.00. The van der Waals surface area contributed by atoms with Gasteiger partial charge in [0, 0.05) is 25.2 Å². The predicted molar refractivity (Wildman–Crippen MR) is 55.4 cm³/mol. The summed E-state index contributed by atoms with van der Waals surface area (Å²) in [5.74, 6) is 0. The summed E-state index contributed by atoms with van der Waals surface area (Å²) in [4.78, 5) is 0. The van der Waals surface area contributed by atoms with Crippen molar-refractivity contribution < 1.29 is 0 Å². The molecule has 0 radical (unpaired) electrons. The van der Waals surface area contributed by atoms with Crippen molar-refractivity contribution >= 4 is 0 Å². The van der Waals surface area contributed by atoms with Crippen LogP contribution >= 0.6 is 0 Å². The van der Waals surface area contributed by atoms with Crippen molar-refractivity contribution in [2.75, 3.05) is 13.1 Å². The smallest absolute Gasteiger partial charge is 0.0243 e. The van der Waals surface area contributed by atoms with Gasteiger partial charge in [0.15, 0.2) is 0 Å². The van der Waals surface area contributed by atoms with Crippen molar-refractivity contribution in [1.29, 1.82) is 0 Å². The van der Waals surface area contributed by atoms with Crippen LogP contribution in [0.15, 0.2) is 0 Å². The van der Waals surface area contributed by atoms with Gasteiger partial charge < -0.3 is 0 Å². The number of hydrazine groups is 1. The summed E-state index contributed by atoms with van der Waals surface area (Å²) >= 11 is 0.